The van der Waals surface area contributed by atoms with Crippen molar-refractivity contribution in [1.82, 2.24) is 9.80 Å². The Hall–Kier alpha value is -1.36. The van der Waals surface area contributed by atoms with E-state index in [0.29, 0.717) is 19.5 Å². The minimum Gasteiger partial charge on any atom is -0.395 e. The summed E-state index contributed by atoms with van der Waals surface area (Å²) in [5.41, 5.74) is 0. The lowest BCUT2D eigenvalue weighted by Gasteiger charge is -2.25. The van der Waals surface area contributed by atoms with Crippen LogP contribution in [-0.2, 0) is 9.59 Å². The third-order valence-electron chi connectivity index (χ3n) is 3.07. The normalized spacial score (nSPS) is 16.3. The number of carbonyl (C=O) groups is 2. The predicted molar refractivity (Wildman–Crippen MR) is 68.9 cm³/mol. The van der Waals surface area contributed by atoms with Crippen LogP contribution in [0.3, 0.4) is 0 Å². The molecule has 0 aromatic carbocycles. The van der Waals surface area contributed by atoms with Crippen LogP contribution in [-0.4, -0.2) is 59.5 Å². The van der Waals surface area contributed by atoms with Gasteiger partial charge in [-0.1, -0.05) is 12.5 Å². The van der Waals surface area contributed by atoms with E-state index in [1.165, 1.54) is 4.90 Å². The summed E-state index contributed by atoms with van der Waals surface area (Å²) >= 11 is 0. The molecule has 0 aromatic heterocycles. The molecule has 0 atom stereocenters. The van der Waals surface area contributed by atoms with Gasteiger partial charge in [0.2, 0.25) is 11.8 Å². The standard InChI is InChI=1S/C13H22N2O3/c1-2-7-14(9-10-16)13(18)11-15-8-5-3-4-6-12(15)17/h2,16H,1,3-11H2. The van der Waals surface area contributed by atoms with E-state index >= 15 is 0 Å². The van der Waals surface area contributed by atoms with Gasteiger partial charge in [0.25, 0.3) is 0 Å². The monoisotopic (exact) mass is 254 g/mol. The number of carbonyl (C=O) groups excluding carboxylic acids is 2. The topological polar surface area (TPSA) is 60.9 Å². The van der Waals surface area contributed by atoms with Gasteiger partial charge in [0.05, 0.1) is 13.2 Å². The van der Waals surface area contributed by atoms with Crippen molar-refractivity contribution in [2.75, 3.05) is 32.8 Å². The number of nitrogens with zero attached hydrogens (tertiary/aromatic N) is 2. The maximum absolute atomic E-state index is 12.0. The smallest absolute Gasteiger partial charge is 0.242 e. The molecule has 1 heterocycles. The first-order valence-corrected chi connectivity index (χ1v) is 6.46. The van der Waals surface area contributed by atoms with Crippen molar-refractivity contribution >= 4 is 11.8 Å². The molecule has 0 unspecified atom stereocenters. The Bertz CT molecular complexity index is 305. The van der Waals surface area contributed by atoms with Gasteiger partial charge in [0.15, 0.2) is 0 Å². The Labute approximate surface area is 108 Å². The fourth-order valence-corrected chi connectivity index (χ4v) is 2.06. The van der Waals surface area contributed by atoms with Gasteiger partial charge < -0.3 is 14.9 Å². The number of amides is 2. The van der Waals surface area contributed by atoms with Gasteiger partial charge in [-0.25, -0.2) is 0 Å². The molecule has 0 saturated carbocycles. The van der Waals surface area contributed by atoms with Crippen LogP contribution in [0.4, 0.5) is 0 Å². The lowest BCUT2D eigenvalue weighted by molar-refractivity contribution is -0.140. The van der Waals surface area contributed by atoms with Crippen LogP contribution in [0, 0.1) is 0 Å². The second-order valence-corrected chi connectivity index (χ2v) is 4.48. The third-order valence-corrected chi connectivity index (χ3v) is 3.07. The first-order valence-electron chi connectivity index (χ1n) is 6.46. The molecule has 5 nitrogen and oxygen atoms in total. The highest BCUT2D eigenvalue weighted by molar-refractivity contribution is 5.85. The number of hydrogen-bond donors (Lipinski definition) is 1. The summed E-state index contributed by atoms with van der Waals surface area (Å²) < 4.78 is 0. The zero-order valence-electron chi connectivity index (χ0n) is 10.8. The Balaban J connectivity index is 2.54. The summed E-state index contributed by atoms with van der Waals surface area (Å²) in [7, 11) is 0. The molecule has 102 valence electrons. The molecular formula is C13H22N2O3. The lowest BCUT2D eigenvalue weighted by Crippen LogP contribution is -2.43. The van der Waals surface area contributed by atoms with E-state index in [0.717, 1.165) is 19.3 Å². The highest BCUT2D eigenvalue weighted by Crippen LogP contribution is 2.11. The van der Waals surface area contributed by atoms with Crippen LogP contribution in [0.5, 0.6) is 0 Å². The van der Waals surface area contributed by atoms with Gasteiger partial charge in [0.1, 0.15) is 0 Å². The molecule has 0 spiro atoms. The van der Waals surface area contributed by atoms with Crippen LogP contribution in [0.1, 0.15) is 25.7 Å². The van der Waals surface area contributed by atoms with E-state index in [2.05, 4.69) is 6.58 Å². The molecule has 0 radical (unpaired) electrons. The fourth-order valence-electron chi connectivity index (χ4n) is 2.06. The molecule has 1 rings (SSSR count). The number of rotatable bonds is 6. The summed E-state index contributed by atoms with van der Waals surface area (Å²) in [5, 5.41) is 8.91. The van der Waals surface area contributed by atoms with Crippen molar-refractivity contribution in [3.05, 3.63) is 12.7 Å². The van der Waals surface area contributed by atoms with Crippen LogP contribution in [0.2, 0.25) is 0 Å². The Morgan fingerprint density at radius 3 is 2.89 bits per heavy atom. The molecule has 1 fully saturated rings. The van der Waals surface area contributed by atoms with E-state index in [1.807, 2.05) is 0 Å². The molecule has 1 aliphatic rings. The Morgan fingerprint density at radius 2 is 2.22 bits per heavy atom. The fraction of sp³-hybridized carbons (Fsp3) is 0.692. The van der Waals surface area contributed by atoms with Crippen molar-refractivity contribution in [2.45, 2.75) is 25.7 Å². The molecule has 2 amide bonds. The molecule has 18 heavy (non-hydrogen) atoms. The van der Waals surface area contributed by atoms with Crippen molar-refractivity contribution in [1.29, 1.82) is 0 Å². The first-order chi connectivity index (χ1) is 8.69. The van der Waals surface area contributed by atoms with Crippen LogP contribution < -0.4 is 0 Å². The van der Waals surface area contributed by atoms with Gasteiger partial charge in [-0.15, -0.1) is 6.58 Å². The molecular weight excluding hydrogens is 232 g/mol. The summed E-state index contributed by atoms with van der Waals surface area (Å²) in [6, 6.07) is 0. The molecule has 1 aliphatic heterocycles. The van der Waals surface area contributed by atoms with Gasteiger partial charge in [-0.05, 0) is 12.8 Å². The second kappa shape index (κ2) is 7.87. The van der Waals surface area contributed by atoms with Crippen molar-refractivity contribution in [3.8, 4) is 0 Å². The van der Waals surface area contributed by atoms with E-state index in [4.69, 9.17) is 5.11 Å². The maximum Gasteiger partial charge on any atom is 0.242 e. The zero-order chi connectivity index (χ0) is 13.4. The van der Waals surface area contributed by atoms with Gasteiger partial charge in [0, 0.05) is 26.1 Å². The third kappa shape index (κ3) is 4.49. The SMILES string of the molecule is C=CCN(CCO)C(=O)CN1CCCCCC1=O. The number of hydrogen-bond acceptors (Lipinski definition) is 3. The largest absolute Gasteiger partial charge is 0.395 e. The predicted octanol–water partition coefficient (Wildman–Crippen LogP) is 0.396. The van der Waals surface area contributed by atoms with Gasteiger partial charge in [-0.2, -0.15) is 0 Å². The van der Waals surface area contributed by atoms with Crippen molar-refractivity contribution in [2.24, 2.45) is 0 Å². The van der Waals surface area contributed by atoms with Gasteiger partial charge in [-0.3, -0.25) is 9.59 Å². The summed E-state index contributed by atoms with van der Waals surface area (Å²) in [5.74, 6) is -0.0670. The second-order valence-electron chi connectivity index (χ2n) is 4.48. The summed E-state index contributed by atoms with van der Waals surface area (Å²) in [6.45, 7) is 4.97. The number of likely N-dealkylation sites (tertiary alicyclic amines) is 1. The average Bonchev–Trinajstić information content (AvgIpc) is 2.55. The summed E-state index contributed by atoms with van der Waals surface area (Å²) in [6.07, 6.45) is 5.08. The first kappa shape index (κ1) is 14.7. The van der Waals surface area contributed by atoms with Gasteiger partial charge >= 0.3 is 0 Å². The highest BCUT2D eigenvalue weighted by atomic mass is 16.3. The van der Waals surface area contributed by atoms with E-state index in [1.54, 1.807) is 11.0 Å². The van der Waals surface area contributed by atoms with Crippen LogP contribution in [0.15, 0.2) is 12.7 Å². The molecule has 5 heteroatoms. The maximum atomic E-state index is 12.0. The van der Waals surface area contributed by atoms with Crippen LogP contribution in [0.25, 0.3) is 0 Å². The summed E-state index contributed by atoms with van der Waals surface area (Å²) in [4.78, 5) is 26.9. The zero-order valence-corrected chi connectivity index (χ0v) is 10.8. The highest BCUT2D eigenvalue weighted by Gasteiger charge is 2.21. The van der Waals surface area contributed by atoms with Crippen molar-refractivity contribution < 1.29 is 14.7 Å². The molecule has 0 aliphatic carbocycles. The lowest BCUT2D eigenvalue weighted by atomic mass is 10.2. The molecule has 0 bridgehead atoms. The quantitative estimate of drug-likeness (QED) is 0.698. The van der Waals surface area contributed by atoms with E-state index in [9.17, 15) is 9.59 Å². The molecule has 1 saturated heterocycles. The average molecular weight is 254 g/mol. The van der Waals surface area contributed by atoms with E-state index < -0.39 is 0 Å². The Morgan fingerprint density at radius 1 is 1.44 bits per heavy atom. The minimum atomic E-state index is -0.126. The van der Waals surface area contributed by atoms with Crippen molar-refractivity contribution in [3.63, 3.8) is 0 Å². The molecule has 1 N–H and O–H groups in total. The molecule has 0 aromatic rings. The number of aliphatic hydroxyl groups excluding tert-OH is 1. The minimum absolute atomic E-state index is 0.0587. The Kier molecular flexibility index (Phi) is 6.43. The number of aliphatic hydroxyl groups is 1. The van der Waals surface area contributed by atoms with Crippen LogP contribution >= 0.6 is 0 Å². The van der Waals surface area contributed by atoms with E-state index in [-0.39, 0.29) is 31.5 Å².